The zero-order valence-corrected chi connectivity index (χ0v) is 30.3. The summed E-state index contributed by atoms with van der Waals surface area (Å²) in [4.78, 5) is 2.36. The summed E-state index contributed by atoms with van der Waals surface area (Å²) in [5, 5.41) is 7.44. The predicted octanol–water partition coefficient (Wildman–Crippen LogP) is 15.3. The van der Waals surface area contributed by atoms with Gasteiger partial charge in [0, 0.05) is 17.1 Å². The quantitative estimate of drug-likeness (QED) is 0.160. The molecule has 0 aliphatic carbocycles. The van der Waals surface area contributed by atoms with E-state index in [1.54, 1.807) is 0 Å². The van der Waals surface area contributed by atoms with E-state index < -0.39 is 0 Å². The molecule has 1 nitrogen and oxygen atoms in total. The fourth-order valence-electron chi connectivity index (χ4n) is 7.93. The van der Waals surface area contributed by atoms with E-state index >= 15 is 0 Å². The van der Waals surface area contributed by atoms with Crippen LogP contribution in [0, 0.1) is 0 Å². The number of benzene rings is 10. The van der Waals surface area contributed by atoms with E-state index in [9.17, 15) is 0 Å². The summed E-state index contributed by atoms with van der Waals surface area (Å²) in [6.07, 6.45) is 0. The van der Waals surface area contributed by atoms with Crippen LogP contribution >= 0.6 is 0 Å². The Bertz CT molecular complexity index is 2950. The Balaban J connectivity index is 1.03. The van der Waals surface area contributed by atoms with E-state index in [1.807, 2.05) is 0 Å². The highest BCUT2D eigenvalue weighted by Gasteiger charge is 2.15. The third-order valence-corrected chi connectivity index (χ3v) is 10.8. The van der Waals surface area contributed by atoms with E-state index in [-0.39, 0.29) is 0 Å². The number of hydrogen-bond donors (Lipinski definition) is 0. The summed E-state index contributed by atoms with van der Waals surface area (Å²) in [5.74, 6) is 0. The molecule has 1 heteroatoms. The van der Waals surface area contributed by atoms with Crippen LogP contribution < -0.4 is 4.90 Å². The zero-order chi connectivity index (χ0) is 36.6. The van der Waals surface area contributed by atoms with E-state index in [1.165, 1.54) is 76.8 Å². The van der Waals surface area contributed by atoms with Crippen molar-refractivity contribution in [3.63, 3.8) is 0 Å². The van der Waals surface area contributed by atoms with Gasteiger partial charge in [0.15, 0.2) is 0 Å². The van der Waals surface area contributed by atoms with Crippen molar-refractivity contribution < 1.29 is 0 Å². The van der Waals surface area contributed by atoms with Gasteiger partial charge in [0.2, 0.25) is 0 Å². The molecule has 0 aliphatic rings. The molecule has 0 bridgehead atoms. The first-order valence-electron chi connectivity index (χ1n) is 18.9. The molecular formula is C54H37N. The van der Waals surface area contributed by atoms with Gasteiger partial charge in [-0.05, 0) is 131 Å². The van der Waals surface area contributed by atoms with Crippen LogP contribution in [0.15, 0.2) is 224 Å². The van der Waals surface area contributed by atoms with E-state index in [0.29, 0.717) is 0 Å². The molecule has 0 fully saturated rings. The van der Waals surface area contributed by atoms with Gasteiger partial charge >= 0.3 is 0 Å². The summed E-state index contributed by atoms with van der Waals surface area (Å²) in [6.45, 7) is 0. The monoisotopic (exact) mass is 699 g/mol. The Labute approximate surface area is 322 Å². The molecule has 0 aliphatic heterocycles. The van der Waals surface area contributed by atoms with Gasteiger partial charge in [-0.25, -0.2) is 0 Å². The van der Waals surface area contributed by atoms with Gasteiger partial charge in [0.1, 0.15) is 0 Å². The summed E-state index contributed by atoms with van der Waals surface area (Å²) in [6, 6.07) is 81.5. The van der Waals surface area contributed by atoms with Gasteiger partial charge in [0.25, 0.3) is 0 Å². The molecule has 0 saturated heterocycles. The summed E-state index contributed by atoms with van der Waals surface area (Å²) < 4.78 is 0. The van der Waals surface area contributed by atoms with Crippen LogP contribution in [0.4, 0.5) is 17.1 Å². The van der Waals surface area contributed by atoms with Crippen molar-refractivity contribution in [2.75, 3.05) is 4.90 Å². The summed E-state index contributed by atoms with van der Waals surface area (Å²) in [5.41, 5.74) is 13.1. The third kappa shape index (κ3) is 6.33. The average molecular weight is 700 g/mol. The first-order chi connectivity index (χ1) is 27.2. The van der Waals surface area contributed by atoms with Crippen molar-refractivity contribution in [1.82, 2.24) is 0 Å². The molecule has 0 saturated carbocycles. The lowest BCUT2D eigenvalue weighted by molar-refractivity contribution is 1.29. The third-order valence-electron chi connectivity index (χ3n) is 10.8. The summed E-state index contributed by atoms with van der Waals surface area (Å²) >= 11 is 0. The first-order valence-corrected chi connectivity index (χ1v) is 18.9. The van der Waals surface area contributed by atoms with Crippen LogP contribution in [-0.2, 0) is 0 Å². The van der Waals surface area contributed by atoms with Gasteiger partial charge in [-0.15, -0.1) is 0 Å². The molecule has 55 heavy (non-hydrogen) atoms. The van der Waals surface area contributed by atoms with Gasteiger partial charge in [0.05, 0.1) is 0 Å². The average Bonchev–Trinajstić information content (AvgIpc) is 3.27. The van der Waals surface area contributed by atoms with Crippen molar-refractivity contribution in [3.05, 3.63) is 224 Å². The molecule has 0 unspecified atom stereocenters. The van der Waals surface area contributed by atoms with Gasteiger partial charge in [-0.1, -0.05) is 170 Å². The number of anilines is 3. The molecule has 0 radical (unpaired) electrons. The van der Waals surface area contributed by atoms with Crippen molar-refractivity contribution in [2.45, 2.75) is 0 Å². The van der Waals surface area contributed by atoms with Crippen LogP contribution in [0.25, 0.3) is 76.8 Å². The molecule has 0 spiro atoms. The van der Waals surface area contributed by atoms with Crippen LogP contribution in [0.1, 0.15) is 0 Å². The second-order valence-electron chi connectivity index (χ2n) is 14.2. The number of nitrogens with zero attached hydrogens (tertiary/aromatic N) is 1. The van der Waals surface area contributed by atoms with Gasteiger partial charge in [-0.2, -0.15) is 0 Å². The highest BCUT2D eigenvalue weighted by atomic mass is 15.1. The largest absolute Gasteiger partial charge is 0.310 e. The lowest BCUT2D eigenvalue weighted by atomic mass is 9.95. The normalized spacial score (nSPS) is 11.3. The first kappa shape index (κ1) is 32.4. The number of hydrogen-bond acceptors (Lipinski definition) is 1. The minimum atomic E-state index is 1.11. The Morgan fingerprint density at radius 2 is 0.636 bits per heavy atom. The maximum absolute atomic E-state index is 2.36. The molecule has 0 heterocycles. The lowest BCUT2D eigenvalue weighted by Crippen LogP contribution is -2.09. The standard InChI is InChI=1S/C54H37N/c1-3-10-38(11-4-1)40-24-29-50(30-25-40)55(52-33-28-47-35-46(22-23-48(47)36-52)45-20-18-39-12-7-8-15-44(39)34-45)51-31-26-41(27-32-51)49-21-19-43-16-9-17-53(54(43)37-49)42-13-5-2-6-14-42/h1-37H. The van der Waals surface area contributed by atoms with E-state index in [0.717, 1.165) is 17.1 Å². The highest BCUT2D eigenvalue weighted by molar-refractivity contribution is 5.99. The second kappa shape index (κ2) is 14.0. The molecule has 0 aromatic heterocycles. The van der Waals surface area contributed by atoms with Crippen LogP contribution in [0.2, 0.25) is 0 Å². The minimum Gasteiger partial charge on any atom is -0.310 e. The Kier molecular flexibility index (Phi) is 8.24. The van der Waals surface area contributed by atoms with Crippen molar-refractivity contribution in [1.29, 1.82) is 0 Å². The molecule has 10 aromatic carbocycles. The van der Waals surface area contributed by atoms with Crippen molar-refractivity contribution >= 4 is 49.4 Å². The minimum absolute atomic E-state index is 1.11. The Morgan fingerprint density at radius 3 is 1.31 bits per heavy atom. The fraction of sp³-hybridized carbons (Fsp3) is 0. The lowest BCUT2D eigenvalue weighted by Gasteiger charge is -2.26. The van der Waals surface area contributed by atoms with E-state index in [2.05, 4.69) is 229 Å². The molecular weight excluding hydrogens is 663 g/mol. The van der Waals surface area contributed by atoms with Crippen molar-refractivity contribution in [2.24, 2.45) is 0 Å². The second-order valence-corrected chi connectivity index (χ2v) is 14.2. The molecule has 258 valence electrons. The molecule has 0 N–H and O–H groups in total. The Morgan fingerprint density at radius 1 is 0.218 bits per heavy atom. The maximum atomic E-state index is 2.36. The number of rotatable bonds is 7. The van der Waals surface area contributed by atoms with Crippen LogP contribution in [0.5, 0.6) is 0 Å². The van der Waals surface area contributed by atoms with Gasteiger partial charge in [-0.3, -0.25) is 0 Å². The van der Waals surface area contributed by atoms with Gasteiger partial charge < -0.3 is 4.90 Å². The molecule has 10 rings (SSSR count). The molecule has 10 aromatic rings. The topological polar surface area (TPSA) is 3.24 Å². The molecule has 0 amide bonds. The number of fused-ring (bicyclic) bond motifs is 3. The predicted molar refractivity (Wildman–Crippen MR) is 235 cm³/mol. The SMILES string of the molecule is c1ccc(-c2ccc(N(c3ccc(-c4ccc5cccc(-c6ccccc6)c5c4)cc3)c3ccc4cc(-c5ccc6ccccc6c5)ccc4c3)cc2)cc1. The van der Waals surface area contributed by atoms with Crippen LogP contribution in [-0.4, -0.2) is 0 Å². The van der Waals surface area contributed by atoms with Crippen LogP contribution in [0.3, 0.4) is 0 Å². The van der Waals surface area contributed by atoms with E-state index in [4.69, 9.17) is 0 Å². The maximum Gasteiger partial charge on any atom is 0.0468 e. The van der Waals surface area contributed by atoms with Crippen molar-refractivity contribution in [3.8, 4) is 44.5 Å². The highest BCUT2D eigenvalue weighted by Crippen LogP contribution is 2.39. The smallest absolute Gasteiger partial charge is 0.0468 e. The fourth-order valence-corrected chi connectivity index (χ4v) is 7.93. The zero-order valence-electron chi connectivity index (χ0n) is 30.3. The Hall–Kier alpha value is -7.22. The summed E-state index contributed by atoms with van der Waals surface area (Å²) in [7, 11) is 0. The molecule has 0 atom stereocenters.